The predicted molar refractivity (Wildman–Crippen MR) is 71.1 cm³/mol. The molecular formula is C13H20BNO3. The van der Waals surface area contributed by atoms with Gasteiger partial charge in [-0.2, -0.15) is 0 Å². The average Bonchev–Trinajstić information content (AvgIpc) is 2.49. The van der Waals surface area contributed by atoms with Crippen molar-refractivity contribution < 1.29 is 14.0 Å². The number of ether oxygens (including phenoxy) is 1. The Hall–Kier alpha value is -1.07. The molecule has 0 aliphatic carbocycles. The van der Waals surface area contributed by atoms with Gasteiger partial charge < -0.3 is 14.0 Å². The summed E-state index contributed by atoms with van der Waals surface area (Å²) in [7, 11) is -0.403. The van der Waals surface area contributed by atoms with E-state index in [4.69, 9.17) is 14.0 Å². The molecule has 1 aliphatic rings. The summed E-state index contributed by atoms with van der Waals surface area (Å²) in [6.45, 7) is 10.7. The smallest absolute Gasteiger partial charge is 0.493 e. The van der Waals surface area contributed by atoms with Gasteiger partial charge in [0.25, 0.3) is 0 Å². The molecule has 4 nitrogen and oxygen atoms in total. The summed E-state index contributed by atoms with van der Waals surface area (Å²) >= 11 is 0. The molecule has 1 aromatic heterocycles. The highest BCUT2D eigenvalue weighted by Crippen LogP contribution is 2.37. The van der Waals surface area contributed by atoms with Crippen molar-refractivity contribution in [1.82, 2.24) is 4.98 Å². The number of hydrogen-bond donors (Lipinski definition) is 0. The van der Waals surface area contributed by atoms with Crippen LogP contribution in [0.25, 0.3) is 0 Å². The van der Waals surface area contributed by atoms with Crippen molar-refractivity contribution in [3.8, 4) is 5.75 Å². The summed E-state index contributed by atoms with van der Waals surface area (Å²) in [6, 6.07) is 1.88. The highest BCUT2D eigenvalue weighted by molar-refractivity contribution is 6.63. The van der Waals surface area contributed by atoms with Crippen LogP contribution in [0.5, 0.6) is 5.75 Å². The van der Waals surface area contributed by atoms with Gasteiger partial charge in [0.15, 0.2) is 0 Å². The van der Waals surface area contributed by atoms with Crippen molar-refractivity contribution in [2.24, 2.45) is 0 Å². The molecule has 98 valence electrons. The van der Waals surface area contributed by atoms with E-state index >= 15 is 0 Å². The minimum atomic E-state index is -0.403. The average molecular weight is 249 g/mol. The van der Waals surface area contributed by atoms with E-state index in [-0.39, 0.29) is 11.2 Å². The van der Waals surface area contributed by atoms with E-state index in [0.717, 1.165) is 11.2 Å². The molecule has 18 heavy (non-hydrogen) atoms. The predicted octanol–water partition coefficient (Wildman–Crippen LogP) is 1.78. The van der Waals surface area contributed by atoms with Gasteiger partial charge in [0.1, 0.15) is 5.75 Å². The maximum absolute atomic E-state index is 6.01. The molecule has 5 heteroatoms. The number of nitrogens with zero attached hydrogens (tertiary/aromatic N) is 1. The van der Waals surface area contributed by atoms with Crippen LogP contribution in [-0.4, -0.2) is 29.9 Å². The van der Waals surface area contributed by atoms with Crippen LogP contribution in [-0.2, 0) is 9.31 Å². The van der Waals surface area contributed by atoms with E-state index in [0.29, 0.717) is 6.61 Å². The van der Waals surface area contributed by atoms with Gasteiger partial charge in [0.05, 0.1) is 24.0 Å². The minimum absolute atomic E-state index is 0.343. The number of pyridine rings is 1. The summed E-state index contributed by atoms with van der Waals surface area (Å²) < 4.78 is 17.6. The lowest BCUT2D eigenvalue weighted by Gasteiger charge is -2.32. The van der Waals surface area contributed by atoms with Crippen molar-refractivity contribution in [2.45, 2.75) is 45.8 Å². The van der Waals surface area contributed by atoms with Crippen LogP contribution in [0.4, 0.5) is 0 Å². The Kier molecular flexibility index (Phi) is 3.38. The highest BCUT2D eigenvalue weighted by atomic mass is 16.7. The van der Waals surface area contributed by atoms with Gasteiger partial charge in [0.2, 0.25) is 0 Å². The zero-order chi connectivity index (χ0) is 13.4. The van der Waals surface area contributed by atoms with E-state index in [9.17, 15) is 0 Å². The normalized spacial score (nSPS) is 21.1. The molecule has 0 spiro atoms. The summed E-state index contributed by atoms with van der Waals surface area (Å²) in [5.41, 5.74) is 0.208. The Balaban J connectivity index is 2.29. The lowest BCUT2D eigenvalue weighted by molar-refractivity contribution is 0.00578. The molecule has 1 aromatic rings. The van der Waals surface area contributed by atoms with Crippen LogP contribution in [0, 0.1) is 0 Å². The Morgan fingerprint density at radius 2 is 1.83 bits per heavy atom. The van der Waals surface area contributed by atoms with Crippen molar-refractivity contribution in [3.05, 3.63) is 18.5 Å². The van der Waals surface area contributed by atoms with Crippen molar-refractivity contribution in [3.63, 3.8) is 0 Å². The number of aromatic nitrogens is 1. The van der Waals surface area contributed by atoms with Crippen molar-refractivity contribution >= 4 is 12.6 Å². The van der Waals surface area contributed by atoms with Gasteiger partial charge in [-0.1, -0.05) is 0 Å². The molecule has 0 aromatic carbocycles. The Morgan fingerprint density at radius 1 is 1.22 bits per heavy atom. The molecule has 1 fully saturated rings. The van der Waals surface area contributed by atoms with E-state index < -0.39 is 7.12 Å². The highest BCUT2D eigenvalue weighted by Gasteiger charge is 2.52. The largest absolute Gasteiger partial charge is 0.498 e. The van der Waals surface area contributed by atoms with E-state index in [1.165, 1.54) is 0 Å². The fourth-order valence-corrected chi connectivity index (χ4v) is 1.83. The second-order valence-corrected chi connectivity index (χ2v) is 5.43. The molecule has 0 amide bonds. The third-order valence-corrected chi connectivity index (χ3v) is 3.62. The van der Waals surface area contributed by atoms with Crippen LogP contribution in [0.2, 0.25) is 0 Å². The molecular weight excluding hydrogens is 229 g/mol. The van der Waals surface area contributed by atoms with Gasteiger partial charge in [-0.05, 0) is 40.7 Å². The summed E-state index contributed by atoms with van der Waals surface area (Å²) in [5.74, 6) is 0.721. The topological polar surface area (TPSA) is 40.6 Å². The first-order valence-corrected chi connectivity index (χ1v) is 6.30. The third-order valence-electron chi connectivity index (χ3n) is 3.62. The molecule has 0 N–H and O–H groups in total. The van der Waals surface area contributed by atoms with Gasteiger partial charge >= 0.3 is 7.12 Å². The summed E-state index contributed by atoms with van der Waals surface area (Å²) in [6.07, 6.45) is 3.42. The Morgan fingerprint density at radius 3 is 2.39 bits per heavy atom. The molecule has 1 aliphatic heterocycles. The monoisotopic (exact) mass is 249 g/mol. The van der Waals surface area contributed by atoms with Crippen LogP contribution < -0.4 is 10.2 Å². The third kappa shape index (κ3) is 2.25. The Bertz CT molecular complexity index is 418. The molecule has 1 saturated heterocycles. The van der Waals surface area contributed by atoms with Gasteiger partial charge in [-0.3, -0.25) is 4.98 Å². The molecule has 2 rings (SSSR count). The molecule has 0 bridgehead atoms. The second-order valence-electron chi connectivity index (χ2n) is 5.43. The first-order valence-electron chi connectivity index (χ1n) is 6.30. The van der Waals surface area contributed by atoms with E-state index in [1.54, 1.807) is 12.4 Å². The summed E-state index contributed by atoms with van der Waals surface area (Å²) in [4.78, 5) is 4.07. The first kappa shape index (κ1) is 13.4. The van der Waals surface area contributed by atoms with Crippen LogP contribution >= 0.6 is 0 Å². The molecule has 0 saturated carbocycles. The maximum atomic E-state index is 6.01. The van der Waals surface area contributed by atoms with Gasteiger partial charge in [0, 0.05) is 11.7 Å². The quantitative estimate of drug-likeness (QED) is 0.765. The molecule has 0 atom stereocenters. The molecule has 0 unspecified atom stereocenters. The van der Waals surface area contributed by atoms with Gasteiger partial charge in [-0.25, -0.2) is 0 Å². The minimum Gasteiger partial charge on any atom is -0.493 e. The van der Waals surface area contributed by atoms with Crippen LogP contribution in [0.15, 0.2) is 18.5 Å². The van der Waals surface area contributed by atoms with Crippen molar-refractivity contribution in [2.75, 3.05) is 6.61 Å². The van der Waals surface area contributed by atoms with Gasteiger partial charge in [-0.15, -0.1) is 0 Å². The summed E-state index contributed by atoms with van der Waals surface area (Å²) in [5, 5.41) is 0. The molecule has 2 heterocycles. The van der Waals surface area contributed by atoms with Crippen LogP contribution in [0.1, 0.15) is 34.6 Å². The van der Waals surface area contributed by atoms with Crippen LogP contribution in [0.3, 0.4) is 0 Å². The fraction of sp³-hybridized carbons (Fsp3) is 0.615. The second kappa shape index (κ2) is 4.55. The SMILES string of the molecule is CCOc1cnccc1B1OC(C)(C)C(C)(C)O1. The van der Waals surface area contributed by atoms with E-state index in [2.05, 4.69) is 4.98 Å². The number of hydrogen-bond acceptors (Lipinski definition) is 4. The molecule has 0 radical (unpaired) electrons. The standard InChI is InChI=1S/C13H20BNO3/c1-6-16-11-9-15-8-7-10(11)14-17-12(2,3)13(4,5)18-14/h7-9H,6H2,1-5H3. The zero-order valence-corrected chi connectivity index (χ0v) is 11.7. The van der Waals surface area contributed by atoms with Crippen molar-refractivity contribution in [1.29, 1.82) is 0 Å². The fourth-order valence-electron chi connectivity index (χ4n) is 1.83. The number of rotatable bonds is 3. The maximum Gasteiger partial charge on any atom is 0.498 e. The lowest BCUT2D eigenvalue weighted by atomic mass is 9.79. The lowest BCUT2D eigenvalue weighted by Crippen LogP contribution is -2.41. The Labute approximate surface area is 109 Å². The zero-order valence-electron chi connectivity index (χ0n) is 11.7. The first-order chi connectivity index (χ1) is 8.37. The van der Waals surface area contributed by atoms with E-state index in [1.807, 2.05) is 40.7 Å².